The van der Waals surface area contributed by atoms with Crippen LogP contribution in [0.1, 0.15) is 51.5 Å². The van der Waals surface area contributed by atoms with Gasteiger partial charge in [0.25, 0.3) is 0 Å². The molecule has 1 amide bonds. The maximum absolute atomic E-state index is 12.5. The number of hydrogen-bond acceptors (Lipinski definition) is 3. The Morgan fingerprint density at radius 3 is 2.29 bits per heavy atom. The summed E-state index contributed by atoms with van der Waals surface area (Å²) in [6.07, 6.45) is 2.29. The van der Waals surface area contributed by atoms with Gasteiger partial charge in [-0.05, 0) is 36.5 Å². The average Bonchev–Trinajstić information content (AvgIpc) is 2.48. The Kier molecular flexibility index (Phi) is 7.23. The molecule has 0 fully saturated rings. The monoisotopic (exact) mass is 292 g/mol. The molecule has 21 heavy (non-hydrogen) atoms. The highest BCUT2D eigenvalue weighted by Crippen LogP contribution is 2.22. The van der Waals surface area contributed by atoms with E-state index < -0.39 is 0 Å². The van der Waals surface area contributed by atoms with Crippen molar-refractivity contribution in [2.24, 2.45) is 0 Å². The fourth-order valence-electron chi connectivity index (χ4n) is 2.67. The van der Waals surface area contributed by atoms with E-state index in [0.717, 1.165) is 24.1 Å². The smallest absolute Gasteiger partial charge is 0.223 e. The standard InChI is InChI=1S/C17H28N2O2/c1-4-16(5-2)19(10-11-20)17(21)12-13(3)14-6-8-15(18)9-7-14/h6-9,13,16,20H,4-5,10-12,18H2,1-3H3. The van der Waals surface area contributed by atoms with Crippen molar-refractivity contribution < 1.29 is 9.90 Å². The summed E-state index contributed by atoms with van der Waals surface area (Å²) in [5, 5.41) is 9.20. The minimum Gasteiger partial charge on any atom is -0.399 e. The van der Waals surface area contributed by atoms with Gasteiger partial charge >= 0.3 is 0 Å². The molecule has 118 valence electrons. The van der Waals surface area contributed by atoms with Crippen LogP contribution >= 0.6 is 0 Å². The number of nitrogens with zero attached hydrogens (tertiary/aromatic N) is 1. The third-order valence-electron chi connectivity index (χ3n) is 4.03. The van der Waals surface area contributed by atoms with Gasteiger partial charge in [-0.25, -0.2) is 0 Å². The molecule has 0 aliphatic carbocycles. The molecule has 0 aliphatic rings. The van der Waals surface area contributed by atoms with E-state index in [9.17, 15) is 9.90 Å². The van der Waals surface area contributed by atoms with Crippen LogP contribution in [0, 0.1) is 0 Å². The quantitative estimate of drug-likeness (QED) is 0.724. The van der Waals surface area contributed by atoms with Gasteiger partial charge in [-0.15, -0.1) is 0 Å². The van der Waals surface area contributed by atoms with Gasteiger partial charge in [0.2, 0.25) is 5.91 Å². The Morgan fingerprint density at radius 2 is 1.81 bits per heavy atom. The molecule has 1 aromatic rings. The lowest BCUT2D eigenvalue weighted by atomic mass is 9.96. The van der Waals surface area contributed by atoms with Crippen LogP contribution in [0.5, 0.6) is 0 Å². The van der Waals surface area contributed by atoms with Crippen LogP contribution < -0.4 is 5.73 Å². The van der Waals surface area contributed by atoms with Crippen molar-refractivity contribution in [3.05, 3.63) is 29.8 Å². The topological polar surface area (TPSA) is 66.6 Å². The number of aliphatic hydroxyl groups is 1. The molecule has 1 aromatic carbocycles. The SMILES string of the molecule is CCC(CC)N(CCO)C(=O)CC(C)c1ccc(N)cc1. The largest absolute Gasteiger partial charge is 0.399 e. The first kappa shape index (κ1) is 17.5. The Labute approximate surface area is 128 Å². The number of carbonyl (C=O) groups is 1. The Hall–Kier alpha value is -1.55. The van der Waals surface area contributed by atoms with Gasteiger partial charge in [0.1, 0.15) is 0 Å². The lowest BCUT2D eigenvalue weighted by Crippen LogP contribution is -2.42. The Balaban J connectivity index is 2.73. The number of carbonyl (C=O) groups excluding carboxylic acids is 1. The van der Waals surface area contributed by atoms with Crippen molar-refractivity contribution >= 4 is 11.6 Å². The first-order valence-electron chi connectivity index (χ1n) is 7.79. The van der Waals surface area contributed by atoms with Gasteiger partial charge in [-0.2, -0.15) is 0 Å². The highest BCUT2D eigenvalue weighted by molar-refractivity contribution is 5.77. The second kappa shape index (κ2) is 8.67. The van der Waals surface area contributed by atoms with E-state index in [-0.39, 0.29) is 24.5 Å². The molecule has 1 rings (SSSR count). The van der Waals surface area contributed by atoms with Crippen LogP contribution in [0.25, 0.3) is 0 Å². The highest BCUT2D eigenvalue weighted by Gasteiger charge is 2.22. The number of anilines is 1. The lowest BCUT2D eigenvalue weighted by molar-refractivity contribution is -0.134. The Bertz CT molecular complexity index is 427. The summed E-state index contributed by atoms with van der Waals surface area (Å²) >= 11 is 0. The number of hydrogen-bond donors (Lipinski definition) is 2. The molecule has 0 aromatic heterocycles. The maximum Gasteiger partial charge on any atom is 0.223 e. The first-order valence-corrected chi connectivity index (χ1v) is 7.79. The normalized spacial score (nSPS) is 12.4. The molecule has 4 heteroatoms. The van der Waals surface area contributed by atoms with Crippen molar-refractivity contribution in [1.29, 1.82) is 0 Å². The average molecular weight is 292 g/mol. The molecule has 1 atom stereocenters. The van der Waals surface area contributed by atoms with Crippen molar-refractivity contribution in [1.82, 2.24) is 4.90 Å². The predicted molar refractivity (Wildman–Crippen MR) is 87.1 cm³/mol. The van der Waals surface area contributed by atoms with E-state index in [1.807, 2.05) is 36.1 Å². The zero-order valence-electron chi connectivity index (χ0n) is 13.4. The molecule has 0 saturated heterocycles. The third kappa shape index (κ3) is 5.05. The van der Waals surface area contributed by atoms with Gasteiger partial charge in [0.05, 0.1) is 6.61 Å². The fourth-order valence-corrected chi connectivity index (χ4v) is 2.67. The third-order valence-corrected chi connectivity index (χ3v) is 4.03. The minimum atomic E-state index is 0.0124. The highest BCUT2D eigenvalue weighted by atomic mass is 16.3. The molecular formula is C17H28N2O2. The summed E-state index contributed by atoms with van der Waals surface area (Å²) in [6, 6.07) is 7.88. The molecule has 0 bridgehead atoms. The van der Waals surface area contributed by atoms with Gasteiger partial charge in [-0.1, -0.05) is 32.9 Å². The van der Waals surface area contributed by atoms with Crippen molar-refractivity contribution in [2.45, 2.75) is 52.0 Å². The van der Waals surface area contributed by atoms with Crippen molar-refractivity contribution in [2.75, 3.05) is 18.9 Å². The summed E-state index contributed by atoms with van der Waals surface area (Å²) in [7, 11) is 0. The molecule has 4 nitrogen and oxygen atoms in total. The lowest BCUT2D eigenvalue weighted by Gasteiger charge is -2.31. The second-order valence-electron chi connectivity index (χ2n) is 5.55. The summed E-state index contributed by atoms with van der Waals surface area (Å²) in [6.45, 7) is 6.63. The molecule has 3 N–H and O–H groups in total. The van der Waals surface area contributed by atoms with Crippen LogP contribution in [-0.2, 0) is 4.79 Å². The fraction of sp³-hybridized carbons (Fsp3) is 0.588. The van der Waals surface area contributed by atoms with E-state index in [2.05, 4.69) is 13.8 Å². The first-order chi connectivity index (χ1) is 10.0. The Morgan fingerprint density at radius 1 is 1.24 bits per heavy atom. The van der Waals surface area contributed by atoms with Crippen molar-refractivity contribution in [3.63, 3.8) is 0 Å². The van der Waals surface area contributed by atoms with Crippen molar-refractivity contribution in [3.8, 4) is 0 Å². The minimum absolute atomic E-state index is 0.0124. The summed E-state index contributed by atoms with van der Waals surface area (Å²) in [5.74, 6) is 0.260. The molecule has 1 unspecified atom stereocenters. The summed E-state index contributed by atoms with van der Waals surface area (Å²) in [4.78, 5) is 14.4. The van der Waals surface area contributed by atoms with Crippen LogP contribution in [0.3, 0.4) is 0 Å². The predicted octanol–water partition coefficient (Wildman–Crippen LogP) is 2.77. The number of nitrogen functional groups attached to an aromatic ring is 1. The second-order valence-corrected chi connectivity index (χ2v) is 5.55. The summed E-state index contributed by atoms with van der Waals surface area (Å²) < 4.78 is 0. The van der Waals surface area contributed by atoms with E-state index in [1.165, 1.54) is 0 Å². The van der Waals surface area contributed by atoms with E-state index in [4.69, 9.17) is 5.73 Å². The van der Waals surface area contributed by atoms with Crippen LogP contribution in [0.2, 0.25) is 0 Å². The molecule has 0 saturated carbocycles. The number of aliphatic hydroxyl groups excluding tert-OH is 1. The van der Waals surface area contributed by atoms with Gasteiger partial charge in [0, 0.05) is 24.7 Å². The maximum atomic E-state index is 12.5. The zero-order chi connectivity index (χ0) is 15.8. The van der Waals surface area contributed by atoms with E-state index in [1.54, 1.807) is 0 Å². The molecule has 0 heterocycles. The van der Waals surface area contributed by atoms with Gasteiger partial charge in [-0.3, -0.25) is 4.79 Å². The molecule has 0 aliphatic heterocycles. The number of nitrogens with two attached hydrogens (primary N) is 1. The van der Waals surface area contributed by atoms with Gasteiger partial charge in [0.15, 0.2) is 0 Å². The van der Waals surface area contributed by atoms with E-state index >= 15 is 0 Å². The molecule has 0 spiro atoms. The zero-order valence-corrected chi connectivity index (χ0v) is 13.4. The van der Waals surface area contributed by atoms with Crippen LogP contribution in [0.15, 0.2) is 24.3 Å². The summed E-state index contributed by atoms with van der Waals surface area (Å²) in [5.41, 5.74) is 7.54. The molecule has 0 radical (unpaired) electrons. The van der Waals surface area contributed by atoms with E-state index in [0.29, 0.717) is 13.0 Å². The number of rotatable bonds is 8. The molecular weight excluding hydrogens is 264 g/mol. The number of benzene rings is 1. The van der Waals surface area contributed by atoms with Crippen LogP contribution in [-0.4, -0.2) is 35.1 Å². The number of amides is 1. The van der Waals surface area contributed by atoms with Gasteiger partial charge < -0.3 is 15.7 Å². The van der Waals surface area contributed by atoms with Crippen LogP contribution in [0.4, 0.5) is 5.69 Å².